The smallest absolute Gasteiger partial charge is 0.119 e. The summed E-state index contributed by atoms with van der Waals surface area (Å²) >= 11 is 5.93. The lowest BCUT2D eigenvalue weighted by atomic mass is 10.0. The predicted molar refractivity (Wildman–Crippen MR) is 75.6 cm³/mol. The Bertz CT molecular complexity index is 561. The Morgan fingerprint density at radius 2 is 1.79 bits per heavy atom. The number of ether oxygens (including phenoxy) is 1. The van der Waals surface area contributed by atoms with Crippen molar-refractivity contribution in [3.05, 3.63) is 64.7 Å². The SMILES string of the molecule is OC(c1ccc(OC2CC2)cc1)c1cccc(Cl)c1. The predicted octanol–water partition coefficient (Wildman–Crippen LogP) is 3.96. The van der Waals surface area contributed by atoms with Gasteiger partial charge in [0.05, 0.1) is 6.10 Å². The molecule has 1 fully saturated rings. The fraction of sp³-hybridized carbons (Fsp3) is 0.250. The van der Waals surface area contributed by atoms with Crippen molar-refractivity contribution in [3.8, 4) is 5.75 Å². The average molecular weight is 275 g/mol. The van der Waals surface area contributed by atoms with Crippen molar-refractivity contribution in [2.45, 2.75) is 25.0 Å². The molecule has 1 unspecified atom stereocenters. The molecule has 3 heteroatoms. The van der Waals surface area contributed by atoms with Crippen LogP contribution in [0.4, 0.5) is 0 Å². The summed E-state index contributed by atoms with van der Waals surface area (Å²) in [5, 5.41) is 10.9. The first-order valence-corrected chi connectivity index (χ1v) is 6.80. The monoisotopic (exact) mass is 274 g/mol. The van der Waals surface area contributed by atoms with Crippen LogP contribution < -0.4 is 4.74 Å². The highest BCUT2D eigenvalue weighted by molar-refractivity contribution is 6.30. The van der Waals surface area contributed by atoms with Crippen LogP contribution in [0.25, 0.3) is 0 Å². The quantitative estimate of drug-likeness (QED) is 0.914. The van der Waals surface area contributed by atoms with Gasteiger partial charge in [0.25, 0.3) is 0 Å². The Morgan fingerprint density at radius 3 is 2.42 bits per heavy atom. The maximum Gasteiger partial charge on any atom is 0.119 e. The highest BCUT2D eigenvalue weighted by atomic mass is 35.5. The third kappa shape index (κ3) is 3.09. The summed E-state index contributed by atoms with van der Waals surface area (Å²) in [5.41, 5.74) is 1.63. The van der Waals surface area contributed by atoms with Gasteiger partial charge in [0.15, 0.2) is 0 Å². The Morgan fingerprint density at radius 1 is 1.05 bits per heavy atom. The van der Waals surface area contributed by atoms with E-state index in [0.29, 0.717) is 11.1 Å². The van der Waals surface area contributed by atoms with E-state index in [4.69, 9.17) is 16.3 Å². The Hall–Kier alpha value is -1.51. The van der Waals surface area contributed by atoms with Crippen molar-refractivity contribution < 1.29 is 9.84 Å². The van der Waals surface area contributed by atoms with Gasteiger partial charge in [-0.2, -0.15) is 0 Å². The third-order valence-electron chi connectivity index (χ3n) is 3.19. The summed E-state index contributed by atoms with van der Waals surface area (Å²) < 4.78 is 5.68. The van der Waals surface area contributed by atoms with E-state index in [1.54, 1.807) is 12.1 Å². The van der Waals surface area contributed by atoms with E-state index in [0.717, 1.165) is 29.7 Å². The Balaban J connectivity index is 1.77. The number of aliphatic hydroxyl groups is 1. The van der Waals surface area contributed by atoms with Crippen molar-refractivity contribution in [3.63, 3.8) is 0 Å². The molecule has 0 bridgehead atoms. The van der Waals surface area contributed by atoms with Gasteiger partial charge in [-0.25, -0.2) is 0 Å². The van der Waals surface area contributed by atoms with Gasteiger partial charge in [-0.05, 0) is 48.2 Å². The van der Waals surface area contributed by atoms with Crippen molar-refractivity contribution >= 4 is 11.6 Å². The van der Waals surface area contributed by atoms with Crippen LogP contribution in [0.2, 0.25) is 5.02 Å². The first-order chi connectivity index (χ1) is 9.22. The number of benzene rings is 2. The van der Waals surface area contributed by atoms with Crippen LogP contribution >= 0.6 is 11.6 Å². The fourth-order valence-corrected chi connectivity index (χ4v) is 2.17. The summed E-state index contributed by atoms with van der Waals surface area (Å²) in [6, 6.07) is 14.9. The molecule has 0 aliphatic heterocycles. The molecule has 0 aromatic heterocycles. The molecule has 1 saturated carbocycles. The van der Waals surface area contributed by atoms with E-state index < -0.39 is 6.10 Å². The summed E-state index contributed by atoms with van der Waals surface area (Å²) in [5.74, 6) is 0.865. The molecule has 2 aromatic rings. The highest BCUT2D eigenvalue weighted by Crippen LogP contribution is 2.29. The van der Waals surface area contributed by atoms with E-state index in [2.05, 4.69) is 0 Å². The molecule has 2 nitrogen and oxygen atoms in total. The lowest BCUT2D eigenvalue weighted by Gasteiger charge is -2.12. The van der Waals surface area contributed by atoms with Crippen molar-refractivity contribution in [1.82, 2.24) is 0 Å². The molecule has 2 aromatic carbocycles. The van der Waals surface area contributed by atoms with E-state index in [1.807, 2.05) is 36.4 Å². The van der Waals surface area contributed by atoms with Gasteiger partial charge in [-0.3, -0.25) is 0 Å². The molecule has 0 radical (unpaired) electrons. The van der Waals surface area contributed by atoms with Crippen LogP contribution in [-0.4, -0.2) is 11.2 Å². The largest absolute Gasteiger partial charge is 0.490 e. The van der Waals surface area contributed by atoms with Crippen molar-refractivity contribution in [2.24, 2.45) is 0 Å². The van der Waals surface area contributed by atoms with Gasteiger partial charge in [-0.1, -0.05) is 35.9 Å². The second kappa shape index (κ2) is 5.24. The lowest BCUT2D eigenvalue weighted by molar-refractivity contribution is 0.220. The van der Waals surface area contributed by atoms with E-state index in [9.17, 15) is 5.11 Å². The summed E-state index contributed by atoms with van der Waals surface area (Å²) in [6.07, 6.45) is 2.03. The zero-order valence-corrected chi connectivity index (χ0v) is 11.2. The molecule has 98 valence electrons. The lowest BCUT2D eigenvalue weighted by Crippen LogP contribution is -2.00. The molecule has 1 aliphatic carbocycles. The molecule has 3 rings (SSSR count). The zero-order valence-electron chi connectivity index (χ0n) is 10.4. The highest BCUT2D eigenvalue weighted by Gasteiger charge is 2.23. The van der Waals surface area contributed by atoms with Gasteiger partial charge in [0, 0.05) is 5.02 Å². The maximum absolute atomic E-state index is 10.3. The topological polar surface area (TPSA) is 29.5 Å². The number of aliphatic hydroxyl groups excluding tert-OH is 1. The molecule has 0 heterocycles. The number of hydrogen-bond donors (Lipinski definition) is 1. The molecule has 0 amide bonds. The average Bonchev–Trinajstić information content (AvgIpc) is 3.23. The van der Waals surface area contributed by atoms with Crippen LogP contribution in [0.15, 0.2) is 48.5 Å². The molecule has 19 heavy (non-hydrogen) atoms. The minimum Gasteiger partial charge on any atom is -0.490 e. The molecular formula is C16H15ClO2. The molecule has 0 saturated heterocycles. The normalized spacial score (nSPS) is 16.1. The van der Waals surface area contributed by atoms with E-state index in [1.165, 1.54) is 0 Å². The molecule has 0 spiro atoms. The van der Waals surface area contributed by atoms with Crippen molar-refractivity contribution in [2.75, 3.05) is 0 Å². The maximum atomic E-state index is 10.3. The van der Waals surface area contributed by atoms with Gasteiger partial charge >= 0.3 is 0 Å². The zero-order chi connectivity index (χ0) is 13.2. The molecule has 1 N–H and O–H groups in total. The van der Waals surface area contributed by atoms with Crippen LogP contribution in [0.1, 0.15) is 30.1 Å². The standard InChI is InChI=1S/C16H15ClO2/c17-13-3-1-2-12(10-13)16(18)11-4-6-14(7-5-11)19-15-8-9-15/h1-7,10,15-16,18H,8-9H2. The van der Waals surface area contributed by atoms with Crippen LogP contribution in [0.3, 0.4) is 0 Å². The molecule has 1 aliphatic rings. The summed E-state index contributed by atoms with van der Waals surface area (Å²) in [6.45, 7) is 0. The molecular weight excluding hydrogens is 260 g/mol. The summed E-state index contributed by atoms with van der Waals surface area (Å²) in [4.78, 5) is 0. The second-order valence-electron chi connectivity index (χ2n) is 4.84. The fourth-order valence-electron chi connectivity index (χ4n) is 1.98. The Labute approximate surface area is 117 Å². The van der Waals surface area contributed by atoms with Crippen molar-refractivity contribution in [1.29, 1.82) is 0 Å². The van der Waals surface area contributed by atoms with E-state index in [-0.39, 0.29) is 0 Å². The van der Waals surface area contributed by atoms with Gasteiger partial charge < -0.3 is 9.84 Å². The van der Waals surface area contributed by atoms with Crippen LogP contribution in [-0.2, 0) is 0 Å². The first kappa shape index (κ1) is 12.5. The number of halogens is 1. The third-order valence-corrected chi connectivity index (χ3v) is 3.42. The number of hydrogen-bond acceptors (Lipinski definition) is 2. The number of rotatable bonds is 4. The van der Waals surface area contributed by atoms with Gasteiger partial charge in [-0.15, -0.1) is 0 Å². The minimum absolute atomic E-state index is 0.392. The Kier molecular flexibility index (Phi) is 3.45. The minimum atomic E-state index is -0.659. The molecule has 1 atom stereocenters. The first-order valence-electron chi connectivity index (χ1n) is 6.42. The summed E-state index contributed by atoms with van der Waals surface area (Å²) in [7, 11) is 0. The second-order valence-corrected chi connectivity index (χ2v) is 5.28. The van der Waals surface area contributed by atoms with Gasteiger partial charge in [0.1, 0.15) is 11.9 Å². The van der Waals surface area contributed by atoms with Crippen LogP contribution in [0.5, 0.6) is 5.75 Å². The van der Waals surface area contributed by atoms with Gasteiger partial charge in [0.2, 0.25) is 0 Å². The van der Waals surface area contributed by atoms with Crippen LogP contribution in [0, 0.1) is 0 Å². The van der Waals surface area contributed by atoms with E-state index >= 15 is 0 Å².